The average molecular weight is 250 g/mol. The van der Waals surface area contributed by atoms with Crippen molar-refractivity contribution < 1.29 is 0 Å². The number of fused-ring (bicyclic) bond motifs is 1. The minimum absolute atomic E-state index is 0.524. The molecule has 0 fully saturated rings. The van der Waals surface area contributed by atoms with Gasteiger partial charge in [-0.25, -0.2) is 4.98 Å². The zero-order valence-electron chi connectivity index (χ0n) is 10.1. The lowest BCUT2D eigenvalue weighted by atomic mass is 10.1. The van der Waals surface area contributed by atoms with Crippen LogP contribution in [0.15, 0.2) is 30.3 Å². The van der Waals surface area contributed by atoms with Gasteiger partial charge in [0.05, 0.1) is 0 Å². The van der Waals surface area contributed by atoms with Gasteiger partial charge in [0.25, 0.3) is 0 Å². The van der Waals surface area contributed by atoms with Crippen molar-refractivity contribution in [2.75, 3.05) is 32.5 Å². The number of hydrogen-bond acceptors (Lipinski definition) is 3. The van der Waals surface area contributed by atoms with Crippen molar-refractivity contribution in [3.63, 3.8) is 0 Å². The third kappa shape index (κ3) is 3.08. The maximum absolute atomic E-state index is 6.00. The van der Waals surface area contributed by atoms with Crippen LogP contribution in [0.4, 0.5) is 5.82 Å². The van der Waals surface area contributed by atoms with Gasteiger partial charge >= 0.3 is 0 Å². The number of nitrogens with zero attached hydrogens (tertiary/aromatic N) is 2. The van der Waals surface area contributed by atoms with Crippen molar-refractivity contribution in [2.24, 2.45) is 0 Å². The molecule has 1 heterocycles. The molecule has 1 N–H and O–H groups in total. The molecule has 0 aliphatic heterocycles. The molecule has 0 amide bonds. The average Bonchev–Trinajstić information content (AvgIpc) is 2.28. The first-order chi connectivity index (χ1) is 8.16. The lowest BCUT2D eigenvalue weighted by Crippen LogP contribution is -2.21. The van der Waals surface area contributed by atoms with Crippen LogP contribution in [0.3, 0.4) is 0 Å². The number of rotatable bonds is 4. The second kappa shape index (κ2) is 5.34. The first-order valence-electron chi connectivity index (χ1n) is 5.61. The van der Waals surface area contributed by atoms with Crippen molar-refractivity contribution >= 4 is 28.2 Å². The number of nitrogens with one attached hydrogen (secondary N) is 1. The van der Waals surface area contributed by atoms with Crippen LogP contribution in [0, 0.1) is 0 Å². The lowest BCUT2D eigenvalue weighted by Gasteiger charge is -2.12. The summed E-state index contributed by atoms with van der Waals surface area (Å²) >= 11 is 6.00. The van der Waals surface area contributed by atoms with Crippen molar-refractivity contribution in [3.05, 3.63) is 35.5 Å². The first-order valence-corrected chi connectivity index (χ1v) is 5.98. The molecule has 4 heteroatoms. The highest BCUT2D eigenvalue weighted by Crippen LogP contribution is 2.24. The van der Waals surface area contributed by atoms with Crippen LogP contribution in [0.2, 0.25) is 5.15 Å². The first kappa shape index (κ1) is 12.1. The number of hydrogen-bond donors (Lipinski definition) is 1. The molecular formula is C13H16ClN3. The summed E-state index contributed by atoms with van der Waals surface area (Å²) < 4.78 is 0. The molecular weight excluding hydrogens is 234 g/mol. The molecule has 2 aromatic rings. The van der Waals surface area contributed by atoms with E-state index < -0.39 is 0 Å². The predicted molar refractivity (Wildman–Crippen MR) is 73.8 cm³/mol. The number of benzene rings is 1. The standard InChI is InChI=1S/C13H16ClN3/c1-17(2)8-7-15-13-11-6-4-3-5-10(11)9-12(14)16-13/h3-6,9H,7-8H2,1-2H3,(H,15,16). The maximum Gasteiger partial charge on any atom is 0.135 e. The number of halogens is 1. The largest absolute Gasteiger partial charge is 0.368 e. The Kier molecular flexibility index (Phi) is 3.82. The van der Waals surface area contributed by atoms with Gasteiger partial charge in [-0.2, -0.15) is 0 Å². The molecule has 3 nitrogen and oxygen atoms in total. The van der Waals surface area contributed by atoms with Gasteiger partial charge in [-0.3, -0.25) is 0 Å². The summed E-state index contributed by atoms with van der Waals surface area (Å²) in [5, 5.41) is 6.06. The summed E-state index contributed by atoms with van der Waals surface area (Å²) in [6.07, 6.45) is 0. The summed E-state index contributed by atoms with van der Waals surface area (Å²) in [7, 11) is 4.09. The van der Waals surface area contributed by atoms with E-state index in [1.165, 1.54) is 0 Å². The molecule has 0 aliphatic carbocycles. The summed E-state index contributed by atoms with van der Waals surface area (Å²) in [5.41, 5.74) is 0. The third-order valence-corrected chi connectivity index (χ3v) is 2.75. The molecule has 0 aliphatic rings. The molecule has 0 saturated heterocycles. The topological polar surface area (TPSA) is 28.2 Å². The van der Waals surface area contributed by atoms with Crippen LogP contribution in [0.25, 0.3) is 10.8 Å². The predicted octanol–water partition coefficient (Wildman–Crippen LogP) is 2.86. The van der Waals surface area contributed by atoms with E-state index in [-0.39, 0.29) is 0 Å². The number of aromatic nitrogens is 1. The van der Waals surface area contributed by atoms with Crippen LogP contribution < -0.4 is 5.32 Å². The van der Waals surface area contributed by atoms with Crippen LogP contribution in [0.1, 0.15) is 0 Å². The van der Waals surface area contributed by atoms with Gasteiger partial charge in [0.1, 0.15) is 11.0 Å². The summed E-state index contributed by atoms with van der Waals surface area (Å²) in [6.45, 7) is 1.81. The van der Waals surface area contributed by atoms with Gasteiger partial charge < -0.3 is 10.2 Å². The van der Waals surface area contributed by atoms with E-state index in [0.717, 1.165) is 29.7 Å². The van der Waals surface area contributed by atoms with Gasteiger partial charge in [-0.15, -0.1) is 0 Å². The quantitative estimate of drug-likeness (QED) is 0.845. The fourth-order valence-corrected chi connectivity index (χ4v) is 1.90. The van der Waals surface area contributed by atoms with Crippen LogP contribution in [-0.4, -0.2) is 37.1 Å². The Labute approximate surface area is 106 Å². The number of pyridine rings is 1. The molecule has 0 atom stereocenters. The summed E-state index contributed by atoms with van der Waals surface area (Å²) in [5.74, 6) is 0.856. The lowest BCUT2D eigenvalue weighted by molar-refractivity contribution is 0.425. The Morgan fingerprint density at radius 3 is 2.82 bits per heavy atom. The molecule has 0 saturated carbocycles. The Morgan fingerprint density at radius 1 is 1.29 bits per heavy atom. The molecule has 2 rings (SSSR count). The van der Waals surface area contributed by atoms with E-state index in [1.807, 2.05) is 38.4 Å². The van der Waals surface area contributed by atoms with Gasteiger partial charge in [-0.1, -0.05) is 35.9 Å². The van der Waals surface area contributed by atoms with Crippen LogP contribution in [-0.2, 0) is 0 Å². The van der Waals surface area contributed by atoms with Gasteiger partial charge in [0.15, 0.2) is 0 Å². The molecule has 0 unspecified atom stereocenters. The van der Waals surface area contributed by atoms with E-state index in [0.29, 0.717) is 5.15 Å². The smallest absolute Gasteiger partial charge is 0.135 e. The SMILES string of the molecule is CN(C)CCNc1nc(Cl)cc2ccccc12. The van der Waals surface area contributed by atoms with Crippen LogP contribution >= 0.6 is 11.6 Å². The van der Waals surface area contributed by atoms with Crippen LogP contribution in [0.5, 0.6) is 0 Å². The molecule has 0 spiro atoms. The molecule has 1 aromatic heterocycles. The maximum atomic E-state index is 6.00. The van der Waals surface area contributed by atoms with Gasteiger partial charge in [0, 0.05) is 18.5 Å². The zero-order valence-corrected chi connectivity index (χ0v) is 10.8. The highest BCUT2D eigenvalue weighted by Gasteiger charge is 2.03. The van der Waals surface area contributed by atoms with E-state index in [9.17, 15) is 0 Å². The molecule has 0 bridgehead atoms. The number of anilines is 1. The zero-order chi connectivity index (χ0) is 12.3. The van der Waals surface area contributed by atoms with Crippen molar-refractivity contribution in [1.82, 2.24) is 9.88 Å². The normalized spacial score (nSPS) is 11.1. The van der Waals surface area contributed by atoms with Crippen molar-refractivity contribution in [2.45, 2.75) is 0 Å². The Morgan fingerprint density at radius 2 is 2.06 bits per heavy atom. The number of likely N-dealkylation sites (N-methyl/N-ethyl adjacent to an activating group) is 1. The van der Waals surface area contributed by atoms with Gasteiger partial charge in [-0.05, 0) is 25.5 Å². The van der Waals surface area contributed by atoms with E-state index in [1.54, 1.807) is 0 Å². The molecule has 90 valence electrons. The Hall–Kier alpha value is -1.32. The summed E-state index contributed by atoms with van der Waals surface area (Å²) in [4.78, 5) is 6.46. The summed E-state index contributed by atoms with van der Waals surface area (Å²) in [6, 6.07) is 9.99. The molecule has 1 aromatic carbocycles. The fraction of sp³-hybridized carbons (Fsp3) is 0.308. The van der Waals surface area contributed by atoms with Crippen molar-refractivity contribution in [1.29, 1.82) is 0 Å². The van der Waals surface area contributed by atoms with E-state index in [2.05, 4.69) is 21.3 Å². The monoisotopic (exact) mass is 249 g/mol. The second-order valence-corrected chi connectivity index (χ2v) is 4.63. The minimum Gasteiger partial charge on any atom is -0.368 e. The Balaban J connectivity index is 2.26. The van der Waals surface area contributed by atoms with Gasteiger partial charge in [0.2, 0.25) is 0 Å². The molecule has 0 radical (unpaired) electrons. The van der Waals surface area contributed by atoms with Crippen molar-refractivity contribution in [3.8, 4) is 0 Å². The highest BCUT2D eigenvalue weighted by molar-refractivity contribution is 6.30. The Bertz CT molecular complexity index is 511. The van der Waals surface area contributed by atoms with E-state index >= 15 is 0 Å². The molecule has 17 heavy (non-hydrogen) atoms. The second-order valence-electron chi connectivity index (χ2n) is 4.24. The third-order valence-electron chi connectivity index (χ3n) is 2.56. The minimum atomic E-state index is 0.524. The highest BCUT2D eigenvalue weighted by atomic mass is 35.5. The van der Waals surface area contributed by atoms with E-state index in [4.69, 9.17) is 11.6 Å². The fourth-order valence-electron chi connectivity index (χ4n) is 1.70.